The zero-order chi connectivity index (χ0) is 74.6. The molecule has 13 nitrogen and oxygen atoms in total. The van der Waals surface area contributed by atoms with Gasteiger partial charge in [-0.1, -0.05) is 197 Å². The molecule has 0 unspecified atom stereocenters. The minimum absolute atomic E-state index is 0.0733. The molecule has 5 aliphatic rings. The van der Waals surface area contributed by atoms with Gasteiger partial charge >= 0.3 is 0 Å². The van der Waals surface area contributed by atoms with Crippen LogP contribution in [0.4, 0.5) is 33.2 Å². The van der Waals surface area contributed by atoms with Gasteiger partial charge in [0, 0.05) is 131 Å². The normalized spacial score (nSPS) is 24.3. The van der Waals surface area contributed by atoms with Crippen molar-refractivity contribution in [3.8, 4) is 0 Å². The fourth-order valence-electron chi connectivity index (χ4n) is 15.0. The van der Waals surface area contributed by atoms with Crippen LogP contribution in [0.15, 0.2) is 91.5 Å². The molecule has 100 heavy (non-hydrogen) atoms. The summed E-state index contributed by atoms with van der Waals surface area (Å²) in [5, 5.41) is 3.52. The first-order valence-electron chi connectivity index (χ1n) is 38.3. The number of amides is 1. The minimum atomic E-state index is -0.320. The molecule has 14 heteroatoms. The van der Waals surface area contributed by atoms with E-state index >= 15 is 0 Å². The number of nitrogens with zero attached hydrogens (tertiary/aromatic N) is 10. The fourth-order valence-corrected chi connectivity index (χ4v) is 15.0. The van der Waals surface area contributed by atoms with E-state index in [0.29, 0.717) is 24.0 Å². The Bertz CT molecular complexity index is 3130. The van der Waals surface area contributed by atoms with Gasteiger partial charge in [0.1, 0.15) is 11.6 Å². The number of rotatable bonds is 8. The molecule has 7 heterocycles. The first kappa shape index (κ1) is 83.1. The predicted molar refractivity (Wildman–Crippen MR) is 425 cm³/mol. The van der Waals surface area contributed by atoms with Crippen LogP contribution in [-0.4, -0.2) is 138 Å². The van der Waals surface area contributed by atoms with Crippen molar-refractivity contribution in [2.24, 2.45) is 40.9 Å². The molecule has 1 amide bonds. The lowest BCUT2D eigenvalue weighted by molar-refractivity contribution is -0.144. The van der Waals surface area contributed by atoms with Crippen molar-refractivity contribution in [3.05, 3.63) is 125 Å². The Morgan fingerprint density at radius 2 is 0.870 bits per heavy atom. The summed E-state index contributed by atoms with van der Waals surface area (Å²) in [6.45, 7) is 73.5. The Morgan fingerprint density at radius 1 is 0.450 bits per heavy atom. The number of hydrogen-bond donors (Lipinski definition) is 1. The molecule has 0 aliphatic carbocycles. The smallest absolute Gasteiger partial charge is 0.228 e. The molecule has 1 N–H and O–H groups in total. The first-order chi connectivity index (χ1) is 46.2. The molecule has 5 fully saturated rings. The van der Waals surface area contributed by atoms with E-state index < -0.39 is 0 Å². The second kappa shape index (κ2) is 35.1. The van der Waals surface area contributed by atoms with Crippen molar-refractivity contribution >= 4 is 34.7 Å². The maximum Gasteiger partial charge on any atom is 0.228 e. The number of nitrogens with one attached hydrogen (secondary N) is 1. The van der Waals surface area contributed by atoms with E-state index in [1.165, 1.54) is 47.3 Å². The predicted octanol–water partition coefficient (Wildman–Crippen LogP) is 19.1. The summed E-state index contributed by atoms with van der Waals surface area (Å²) in [5.41, 5.74) is 9.43. The molecule has 0 radical (unpaired) electrons. The van der Waals surface area contributed by atoms with Crippen LogP contribution < -0.4 is 24.9 Å². The molecule has 5 aliphatic heterocycles. The lowest BCUT2D eigenvalue weighted by Crippen LogP contribution is -2.60. The SMILES string of the molecule is C[C@@H]1CN(CCNc2ccc(C(C)(C)C)cc2)C[C@H](C)O1.C[C@@H]1CN(c2ccc(C(C)(C)C)cc2)C[C@H](C)N1C(=O)C(C)(C)C.C[C@@H]1C[C@H](C)CN(c2ccc(C(C)(C)C)c(F)c2)C1.C[C@@H]1C[C@H](C)CN(c2cnc(C(C)(C)C)cn2)C1.C[C@@H]1C[C@H](C)CN(c2ncc(C(C)(C)C)cn2)C1. The van der Waals surface area contributed by atoms with Crippen LogP contribution in [0.2, 0.25) is 0 Å². The molecule has 10 rings (SSSR count). The van der Waals surface area contributed by atoms with Gasteiger partial charge in [0.05, 0.1) is 30.3 Å². The second-order valence-corrected chi connectivity index (χ2v) is 37.6. The highest BCUT2D eigenvalue weighted by Gasteiger charge is 2.38. The number of piperazine rings is 1. The van der Waals surface area contributed by atoms with Crippen molar-refractivity contribution in [2.75, 3.05) is 103 Å². The van der Waals surface area contributed by atoms with Gasteiger partial charge in [0.15, 0.2) is 0 Å². The average molecular weight is 1380 g/mol. The highest BCUT2D eigenvalue weighted by Crippen LogP contribution is 2.35. The lowest BCUT2D eigenvalue weighted by atomic mass is 9.86. The van der Waals surface area contributed by atoms with Gasteiger partial charge in [-0.2, -0.15) is 0 Å². The maximum atomic E-state index is 14.3. The molecule has 5 aromatic rings. The third-order valence-corrected chi connectivity index (χ3v) is 20.1. The number of aromatic nitrogens is 4. The minimum Gasteiger partial charge on any atom is -0.384 e. The van der Waals surface area contributed by atoms with E-state index in [-0.39, 0.29) is 56.3 Å². The molecule has 5 saturated heterocycles. The van der Waals surface area contributed by atoms with Crippen molar-refractivity contribution in [1.29, 1.82) is 0 Å². The van der Waals surface area contributed by atoms with Gasteiger partial charge in [0.2, 0.25) is 11.9 Å². The number of morpholine rings is 1. The van der Waals surface area contributed by atoms with Crippen molar-refractivity contribution in [3.63, 3.8) is 0 Å². The van der Waals surface area contributed by atoms with Crippen LogP contribution in [0, 0.1) is 46.7 Å². The van der Waals surface area contributed by atoms with Gasteiger partial charge in [-0.25, -0.2) is 19.3 Å². The first-order valence-corrected chi connectivity index (χ1v) is 38.3. The molecular weight excluding hydrogens is 1240 g/mol. The largest absolute Gasteiger partial charge is 0.384 e. The molecule has 3 aromatic carbocycles. The van der Waals surface area contributed by atoms with E-state index in [1.54, 1.807) is 6.07 Å². The third kappa shape index (κ3) is 25.5. The maximum absolute atomic E-state index is 14.3. The summed E-state index contributed by atoms with van der Waals surface area (Å²) in [7, 11) is 0. The molecular formula is C86H140FN11O2. The Kier molecular flexibility index (Phi) is 29.1. The van der Waals surface area contributed by atoms with Crippen molar-refractivity contribution in [2.45, 2.75) is 264 Å². The zero-order valence-electron chi connectivity index (χ0n) is 68.2. The van der Waals surface area contributed by atoms with E-state index in [2.05, 4.69) is 282 Å². The summed E-state index contributed by atoms with van der Waals surface area (Å²) in [6.07, 6.45) is 12.4. The number of hydrogen-bond acceptors (Lipinski definition) is 12. The van der Waals surface area contributed by atoms with Crippen LogP contribution >= 0.6 is 0 Å². The third-order valence-electron chi connectivity index (χ3n) is 20.1. The Hall–Kier alpha value is -5.86. The average Bonchev–Trinajstić information content (AvgIpc) is 0.804. The van der Waals surface area contributed by atoms with E-state index in [0.717, 1.165) is 131 Å². The summed E-state index contributed by atoms with van der Waals surface area (Å²) >= 11 is 0. The summed E-state index contributed by atoms with van der Waals surface area (Å²) < 4.78 is 20.0. The van der Waals surface area contributed by atoms with E-state index in [1.807, 2.05) is 51.6 Å². The number of carbonyl (C=O) groups is 1. The molecule has 0 bridgehead atoms. The standard InChI is InChI=1S/C21H34N2O.C18H30N2O.C17H26FN.2C15H25N3/c1-15-13-22(14-16(2)23(15)19(24)21(6,7)8)18-11-9-17(10-12-18)20(3,4)5;1-14-12-20(13-15(2)21-14)11-10-19-17-8-6-16(7-9-17)18(3,4)5;1-12-8-13(2)11-19(10-12)14-6-7-15(16(18)9-14)17(3,4)5;1-11-6-12(2)10-18(9-11)14-8-16-13(7-17-14)15(3,4)5;1-11-6-12(2)10-18(9-11)14-16-7-13(8-17-14)15(3,4)5/h9-12,15-16H,13-14H2,1-8H3;6-9,14-15,19H,10-13H2,1-5H3;6-7,9,12-13H,8,10-11H2,1-5H3;2*7-8,11-12H,6,9-10H2,1-5H3/t15-,16+;14-,15+;12-,13+;2*11-,12+. The van der Waals surface area contributed by atoms with Gasteiger partial charge in [-0.05, 0) is 163 Å². The fraction of sp³-hybridized carbons (Fsp3) is 0.686. The highest BCUT2D eigenvalue weighted by atomic mass is 19.1. The highest BCUT2D eigenvalue weighted by molar-refractivity contribution is 5.82. The Labute approximate surface area is 609 Å². The number of halogens is 1. The van der Waals surface area contributed by atoms with Crippen LogP contribution in [0.5, 0.6) is 0 Å². The van der Waals surface area contributed by atoms with Crippen LogP contribution in [0.25, 0.3) is 0 Å². The molecule has 2 aromatic heterocycles. The summed E-state index contributed by atoms with van der Waals surface area (Å²) in [4.78, 5) is 45.0. The van der Waals surface area contributed by atoms with Crippen LogP contribution in [0.3, 0.4) is 0 Å². The number of carbonyl (C=O) groups excluding carboxylic acids is 1. The molecule has 0 saturated carbocycles. The summed E-state index contributed by atoms with van der Waals surface area (Å²) in [6, 6.07) is 23.9. The molecule has 558 valence electrons. The quantitative estimate of drug-likeness (QED) is 0.160. The molecule has 0 spiro atoms. The van der Waals surface area contributed by atoms with E-state index in [4.69, 9.17) is 4.74 Å². The van der Waals surface area contributed by atoms with Crippen molar-refractivity contribution < 1.29 is 13.9 Å². The van der Waals surface area contributed by atoms with Crippen LogP contribution in [0.1, 0.15) is 241 Å². The zero-order valence-corrected chi connectivity index (χ0v) is 68.2. The van der Waals surface area contributed by atoms with Crippen molar-refractivity contribution in [1.82, 2.24) is 29.7 Å². The van der Waals surface area contributed by atoms with Gasteiger partial charge in [0.25, 0.3) is 0 Å². The number of piperidine rings is 3. The monoisotopic (exact) mass is 1380 g/mol. The number of ether oxygens (including phenoxy) is 1. The van der Waals surface area contributed by atoms with Gasteiger partial charge in [-0.15, -0.1) is 0 Å². The van der Waals surface area contributed by atoms with E-state index in [9.17, 15) is 9.18 Å². The van der Waals surface area contributed by atoms with Gasteiger partial charge in [-0.3, -0.25) is 14.7 Å². The van der Waals surface area contributed by atoms with Gasteiger partial charge < -0.3 is 34.6 Å². The molecule has 10 atom stereocenters. The summed E-state index contributed by atoms with van der Waals surface area (Å²) in [5.74, 6) is 6.45. The van der Waals surface area contributed by atoms with Crippen LogP contribution in [-0.2, 0) is 36.6 Å². The topological polar surface area (TPSA) is 109 Å². The second-order valence-electron chi connectivity index (χ2n) is 37.6. The number of benzene rings is 3. The Balaban J connectivity index is 0.000000198. The number of anilines is 5. The lowest BCUT2D eigenvalue weighted by Gasteiger charge is -2.47. The Morgan fingerprint density at radius 3 is 1.27 bits per heavy atom.